The molecule has 12 heavy (non-hydrogen) atoms. The third-order valence-corrected chi connectivity index (χ3v) is 1.83. The average molecular weight is 223 g/mol. The molecule has 0 saturated heterocycles. The molecule has 0 atom stereocenters. The van der Waals surface area contributed by atoms with Gasteiger partial charge in [-0.2, -0.15) is 19.6 Å². The summed E-state index contributed by atoms with van der Waals surface area (Å²) in [5, 5.41) is 4.33. The molecule has 62 valence electrons. The van der Waals surface area contributed by atoms with E-state index in [1.165, 1.54) is 4.52 Å². The summed E-state index contributed by atoms with van der Waals surface area (Å²) in [4.78, 5) is 7.52. The Morgan fingerprint density at radius 2 is 1.92 bits per heavy atom. The SMILES string of the molecule is Clc1cc2nc(Cl)nc(Cl)n2n1. The first-order chi connectivity index (χ1) is 5.66. The topological polar surface area (TPSA) is 43.1 Å². The molecular weight excluding hydrogens is 222 g/mol. The second-order valence-electron chi connectivity index (χ2n) is 2.00. The summed E-state index contributed by atoms with van der Waals surface area (Å²) in [5.74, 6) is 0. The van der Waals surface area contributed by atoms with Crippen LogP contribution in [0.1, 0.15) is 0 Å². The summed E-state index contributed by atoms with van der Waals surface area (Å²) < 4.78 is 1.30. The number of hydrogen-bond donors (Lipinski definition) is 0. The maximum Gasteiger partial charge on any atom is 0.228 e. The van der Waals surface area contributed by atoms with Crippen molar-refractivity contribution in [2.24, 2.45) is 0 Å². The van der Waals surface area contributed by atoms with Crippen LogP contribution in [0.15, 0.2) is 6.07 Å². The van der Waals surface area contributed by atoms with Gasteiger partial charge in [-0.05, 0) is 23.2 Å². The van der Waals surface area contributed by atoms with Gasteiger partial charge in [0.2, 0.25) is 10.6 Å². The fraction of sp³-hybridized carbons (Fsp3) is 0. The quantitative estimate of drug-likeness (QED) is 0.687. The van der Waals surface area contributed by atoms with Crippen molar-refractivity contribution in [3.8, 4) is 0 Å². The first-order valence-electron chi connectivity index (χ1n) is 2.91. The van der Waals surface area contributed by atoms with Gasteiger partial charge in [0.05, 0.1) is 0 Å². The van der Waals surface area contributed by atoms with E-state index in [0.29, 0.717) is 10.8 Å². The van der Waals surface area contributed by atoms with E-state index in [1.54, 1.807) is 6.07 Å². The van der Waals surface area contributed by atoms with Crippen molar-refractivity contribution in [1.82, 2.24) is 19.6 Å². The van der Waals surface area contributed by atoms with Crippen molar-refractivity contribution in [3.05, 3.63) is 21.8 Å². The second kappa shape index (κ2) is 2.73. The fourth-order valence-corrected chi connectivity index (χ4v) is 1.39. The van der Waals surface area contributed by atoms with Crippen molar-refractivity contribution >= 4 is 40.4 Å². The fourth-order valence-electron chi connectivity index (χ4n) is 0.802. The summed E-state index contributed by atoms with van der Waals surface area (Å²) >= 11 is 16.8. The third-order valence-electron chi connectivity index (χ3n) is 1.23. The van der Waals surface area contributed by atoms with Gasteiger partial charge in [-0.3, -0.25) is 0 Å². The van der Waals surface area contributed by atoms with Crippen LogP contribution in [0.5, 0.6) is 0 Å². The Hall–Kier alpha value is -0.580. The summed E-state index contributed by atoms with van der Waals surface area (Å²) in [6.07, 6.45) is 0. The highest BCUT2D eigenvalue weighted by Gasteiger charge is 2.06. The minimum Gasteiger partial charge on any atom is -0.198 e. The van der Waals surface area contributed by atoms with E-state index in [2.05, 4.69) is 15.1 Å². The lowest BCUT2D eigenvalue weighted by atomic mass is 10.7. The van der Waals surface area contributed by atoms with E-state index in [0.717, 1.165) is 0 Å². The highest BCUT2D eigenvalue weighted by Crippen LogP contribution is 2.15. The molecule has 0 aromatic carbocycles. The number of hydrogen-bond acceptors (Lipinski definition) is 3. The molecule has 7 heteroatoms. The molecule has 0 bridgehead atoms. The molecule has 0 unspecified atom stereocenters. The molecule has 0 radical (unpaired) electrons. The van der Waals surface area contributed by atoms with E-state index in [-0.39, 0.29) is 10.6 Å². The van der Waals surface area contributed by atoms with Crippen molar-refractivity contribution in [1.29, 1.82) is 0 Å². The largest absolute Gasteiger partial charge is 0.228 e. The van der Waals surface area contributed by atoms with Gasteiger partial charge >= 0.3 is 0 Å². The van der Waals surface area contributed by atoms with Crippen LogP contribution in [-0.2, 0) is 0 Å². The van der Waals surface area contributed by atoms with Crippen LogP contribution in [0.3, 0.4) is 0 Å². The van der Waals surface area contributed by atoms with Gasteiger partial charge in [0.1, 0.15) is 0 Å². The molecule has 2 aromatic heterocycles. The number of aromatic nitrogens is 4. The molecule has 0 N–H and O–H groups in total. The number of halogens is 3. The lowest BCUT2D eigenvalue weighted by Crippen LogP contribution is -1.95. The minimum absolute atomic E-state index is 0.0732. The molecule has 2 rings (SSSR count). The molecule has 0 amide bonds. The summed E-state index contributed by atoms with van der Waals surface area (Å²) in [7, 11) is 0. The average Bonchev–Trinajstić information content (AvgIpc) is 2.29. The number of fused-ring (bicyclic) bond motifs is 1. The maximum atomic E-state index is 5.68. The van der Waals surface area contributed by atoms with Gasteiger partial charge in [0.25, 0.3) is 0 Å². The molecule has 0 spiro atoms. The van der Waals surface area contributed by atoms with Crippen LogP contribution in [0.25, 0.3) is 5.65 Å². The van der Waals surface area contributed by atoms with Gasteiger partial charge < -0.3 is 0 Å². The highest BCUT2D eigenvalue weighted by atomic mass is 35.5. The first-order valence-corrected chi connectivity index (χ1v) is 4.04. The molecule has 0 fully saturated rings. The van der Waals surface area contributed by atoms with Crippen molar-refractivity contribution in [2.75, 3.05) is 0 Å². The molecule has 0 aliphatic heterocycles. The Kier molecular flexibility index (Phi) is 1.83. The Labute approximate surface area is 82.1 Å². The zero-order valence-corrected chi connectivity index (χ0v) is 7.77. The van der Waals surface area contributed by atoms with Crippen molar-refractivity contribution in [3.63, 3.8) is 0 Å². The summed E-state index contributed by atoms with van der Waals surface area (Å²) in [5.41, 5.74) is 0.477. The van der Waals surface area contributed by atoms with Crippen LogP contribution in [0, 0.1) is 0 Å². The standard InChI is InChI=1S/C5HCl3N4/c6-2-1-3-9-4(7)10-5(8)12(3)11-2/h1H. The lowest BCUT2D eigenvalue weighted by molar-refractivity contribution is 0.893. The molecular formula is C5HCl3N4. The Morgan fingerprint density at radius 1 is 1.17 bits per heavy atom. The monoisotopic (exact) mass is 222 g/mol. The Morgan fingerprint density at radius 3 is 2.67 bits per heavy atom. The van der Waals surface area contributed by atoms with Crippen molar-refractivity contribution < 1.29 is 0 Å². The van der Waals surface area contributed by atoms with Crippen LogP contribution < -0.4 is 0 Å². The van der Waals surface area contributed by atoms with E-state index in [9.17, 15) is 0 Å². The third kappa shape index (κ3) is 1.22. The van der Waals surface area contributed by atoms with Crippen LogP contribution >= 0.6 is 34.8 Å². The smallest absolute Gasteiger partial charge is 0.198 e. The molecule has 0 saturated carbocycles. The first kappa shape index (κ1) is 8.04. The zero-order valence-electron chi connectivity index (χ0n) is 5.50. The van der Waals surface area contributed by atoms with E-state index in [1.807, 2.05) is 0 Å². The number of nitrogens with zero attached hydrogens (tertiary/aromatic N) is 4. The normalized spacial score (nSPS) is 10.9. The molecule has 2 heterocycles. The Balaban J connectivity index is 2.88. The highest BCUT2D eigenvalue weighted by molar-refractivity contribution is 6.32. The van der Waals surface area contributed by atoms with E-state index >= 15 is 0 Å². The van der Waals surface area contributed by atoms with Gasteiger partial charge in [0.15, 0.2) is 10.8 Å². The van der Waals surface area contributed by atoms with E-state index < -0.39 is 0 Å². The molecule has 0 aliphatic carbocycles. The van der Waals surface area contributed by atoms with Gasteiger partial charge in [-0.25, -0.2) is 0 Å². The molecule has 2 aromatic rings. The zero-order chi connectivity index (χ0) is 8.72. The maximum absolute atomic E-state index is 5.68. The van der Waals surface area contributed by atoms with Gasteiger partial charge in [-0.1, -0.05) is 11.6 Å². The van der Waals surface area contributed by atoms with Gasteiger partial charge in [0, 0.05) is 6.07 Å². The second-order valence-corrected chi connectivity index (χ2v) is 3.06. The molecule has 0 aliphatic rings. The summed E-state index contributed by atoms with van der Waals surface area (Å²) in [6.45, 7) is 0. The Bertz CT molecular complexity index is 437. The predicted octanol–water partition coefficient (Wildman–Crippen LogP) is 2.08. The van der Waals surface area contributed by atoms with Crippen LogP contribution in [0.4, 0.5) is 0 Å². The lowest BCUT2D eigenvalue weighted by Gasteiger charge is -1.93. The van der Waals surface area contributed by atoms with Crippen LogP contribution in [0.2, 0.25) is 15.7 Å². The predicted molar refractivity (Wildman–Crippen MR) is 45.8 cm³/mol. The summed E-state index contributed by atoms with van der Waals surface area (Å²) in [6, 6.07) is 1.54. The van der Waals surface area contributed by atoms with Gasteiger partial charge in [-0.15, -0.1) is 0 Å². The van der Waals surface area contributed by atoms with Crippen LogP contribution in [-0.4, -0.2) is 19.6 Å². The van der Waals surface area contributed by atoms with E-state index in [4.69, 9.17) is 34.8 Å². The molecule has 4 nitrogen and oxygen atoms in total. The minimum atomic E-state index is 0.0732. The number of rotatable bonds is 0. The van der Waals surface area contributed by atoms with Crippen molar-refractivity contribution in [2.45, 2.75) is 0 Å².